The third kappa shape index (κ3) is 2.73. The molecule has 1 aromatic carbocycles. The largest absolute Gasteiger partial charge is 0.481 e. The topological polar surface area (TPSA) is 74.7 Å². The van der Waals surface area contributed by atoms with Crippen LogP contribution in [0.25, 0.3) is 0 Å². The Bertz CT molecular complexity index is 609. The maximum absolute atomic E-state index is 12.1. The van der Waals surface area contributed by atoms with Gasteiger partial charge in [-0.1, -0.05) is 6.07 Å². The highest BCUT2D eigenvalue weighted by molar-refractivity contribution is 7.91. The lowest BCUT2D eigenvalue weighted by molar-refractivity contribution is -0.136. The van der Waals surface area contributed by atoms with Gasteiger partial charge >= 0.3 is 5.97 Å². The van der Waals surface area contributed by atoms with E-state index in [9.17, 15) is 13.2 Å². The number of aliphatic carboxylic acids is 1. The van der Waals surface area contributed by atoms with E-state index in [1.165, 1.54) is 0 Å². The van der Waals surface area contributed by atoms with E-state index in [1.807, 2.05) is 24.8 Å². The number of nitrogens with zero attached hydrogens (tertiary/aromatic N) is 1. The third-order valence-corrected chi connectivity index (χ3v) is 5.25. The van der Waals surface area contributed by atoms with Crippen LogP contribution in [-0.2, 0) is 14.6 Å². The van der Waals surface area contributed by atoms with Gasteiger partial charge < -0.3 is 10.0 Å². The molecule has 0 spiro atoms. The van der Waals surface area contributed by atoms with Crippen molar-refractivity contribution in [3.63, 3.8) is 0 Å². The van der Waals surface area contributed by atoms with Crippen molar-refractivity contribution in [1.82, 2.24) is 0 Å². The average molecular weight is 283 g/mol. The van der Waals surface area contributed by atoms with Crippen molar-refractivity contribution < 1.29 is 18.3 Å². The molecule has 0 radical (unpaired) electrons. The molecule has 19 heavy (non-hydrogen) atoms. The molecule has 0 fully saturated rings. The highest BCUT2D eigenvalue weighted by atomic mass is 32.2. The van der Waals surface area contributed by atoms with Crippen molar-refractivity contribution in [2.24, 2.45) is 0 Å². The van der Waals surface area contributed by atoms with Crippen LogP contribution in [0.5, 0.6) is 0 Å². The summed E-state index contributed by atoms with van der Waals surface area (Å²) >= 11 is 0. The van der Waals surface area contributed by atoms with Gasteiger partial charge in [-0.3, -0.25) is 4.79 Å². The van der Waals surface area contributed by atoms with E-state index in [0.29, 0.717) is 17.1 Å². The van der Waals surface area contributed by atoms with Crippen LogP contribution in [0.4, 0.5) is 5.69 Å². The van der Waals surface area contributed by atoms with Crippen LogP contribution in [0.15, 0.2) is 23.1 Å². The first-order valence-electron chi connectivity index (χ1n) is 6.13. The lowest BCUT2D eigenvalue weighted by Crippen LogP contribution is -2.44. The van der Waals surface area contributed by atoms with E-state index < -0.39 is 15.8 Å². The summed E-state index contributed by atoms with van der Waals surface area (Å²) in [6.45, 7) is 4.02. The molecule has 1 unspecified atom stereocenters. The second kappa shape index (κ2) is 4.85. The summed E-state index contributed by atoms with van der Waals surface area (Å²) in [7, 11) is -3.27. The number of benzene rings is 1. The predicted molar refractivity (Wildman–Crippen MR) is 72.3 cm³/mol. The summed E-state index contributed by atoms with van der Waals surface area (Å²) < 4.78 is 24.3. The van der Waals surface area contributed by atoms with Crippen LogP contribution in [-0.4, -0.2) is 37.8 Å². The van der Waals surface area contributed by atoms with E-state index in [-0.39, 0.29) is 18.2 Å². The number of anilines is 1. The molecule has 0 aliphatic carbocycles. The minimum atomic E-state index is -3.27. The van der Waals surface area contributed by atoms with Crippen molar-refractivity contribution in [2.75, 3.05) is 17.2 Å². The van der Waals surface area contributed by atoms with E-state index in [2.05, 4.69) is 0 Å². The number of sulfone groups is 1. The van der Waals surface area contributed by atoms with Crippen LogP contribution < -0.4 is 4.90 Å². The molecule has 1 aromatic rings. The zero-order valence-electron chi connectivity index (χ0n) is 11.0. The summed E-state index contributed by atoms with van der Waals surface area (Å²) in [4.78, 5) is 12.9. The second-order valence-corrected chi connectivity index (χ2v) is 6.94. The summed E-state index contributed by atoms with van der Waals surface area (Å²) in [6, 6.07) is 4.98. The van der Waals surface area contributed by atoms with Crippen LogP contribution >= 0.6 is 0 Å². The van der Waals surface area contributed by atoms with Crippen molar-refractivity contribution in [2.45, 2.75) is 31.2 Å². The molecule has 104 valence electrons. The van der Waals surface area contributed by atoms with Gasteiger partial charge in [0.2, 0.25) is 0 Å². The Kier molecular flexibility index (Phi) is 3.54. The molecule has 0 bridgehead atoms. The van der Waals surface area contributed by atoms with Gasteiger partial charge in [0.15, 0.2) is 9.84 Å². The quantitative estimate of drug-likeness (QED) is 0.908. The van der Waals surface area contributed by atoms with E-state index in [1.54, 1.807) is 12.1 Å². The summed E-state index contributed by atoms with van der Waals surface area (Å²) in [5, 5.41) is 8.79. The van der Waals surface area contributed by atoms with Crippen molar-refractivity contribution in [3.8, 4) is 0 Å². The Labute approximate surface area is 112 Å². The van der Waals surface area contributed by atoms with Crippen molar-refractivity contribution in [1.29, 1.82) is 0 Å². The lowest BCUT2D eigenvalue weighted by Gasteiger charge is -2.36. The van der Waals surface area contributed by atoms with Gasteiger partial charge in [-0.2, -0.15) is 0 Å². The van der Waals surface area contributed by atoms with Crippen LogP contribution in [0.1, 0.15) is 18.9 Å². The highest BCUT2D eigenvalue weighted by Gasteiger charge is 2.33. The monoisotopic (exact) mass is 283 g/mol. The molecular weight excluding hydrogens is 266 g/mol. The number of fused-ring (bicyclic) bond motifs is 1. The zero-order valence-corrected chi connectivity index (χ0v) is 11.8. The van der Waals surface area contributed by atoms with Gasteiger partial charge in [0.25, 0.3) is 0 Å². The molecule has 1 N–H and O–H groups in total. The summed E-state index contributed by atoms with van der Waals surface area (Å²) in [5.74, 6) is -0.849. The molecule has 6 heteroatoms. The fourth-order valence-electron chi connectivity index (χ4n) is 2.41. The average Bonchev–Trinajstić information content (AvgIpc) is 2.26. The second-order valence-electron chi connectivity index (χ2n) is 4.94. The fraction of sp³-hybridized carbons (Fsp3) is 0.462. The standard InChI is InChI=1S/C13H17NO4S/c1-9-3-4-12-11(7-9)14(6-5-13(15)16)10(2)8-19(12,17)18/h3-4,7,10H,5-6,8H2,1-2H3,(H,15,16). The van der Waals surface area contributed by atoms with Gasteiger partial charge in [0.05, 0.1) is 22.8 Å². The van der Waals surface area contributed by atoms with Gasteiger partial charge in [0.1, 0.15) is 0 Å². The van der Waals surface area contributed by atoms with Crippen LogP contribution in [0, 0.1) is 6.92 Å². The Balaban J connectivity index is 2.46. The maximum Gasteiger partial charge on any atom is 0.305 e. The first kappa shape index (κ1) is 13.9. The number of rotatable bonds is 3. The number of carbonyl (C=O) groups is 1. The van der Waals surface area contributed by atoms with Gasteiger partial charge in [-0.25, -0.2) is 8.42 Å². The Morgan fingerprint density at radius 1 is 1.47 bits per heavy atom. The van der Waals surface area contributed by atoms with Gasteiger partial charge in [0, 0.05) is 12.6 Å². The SMILES string of the molecule is Cc1ccc2c(c1)N(CCC(=O)O)C(C)CS2(=O)=O. The van der Waals surface area contributed by atoms with Gasteiger partial charge in [-0.05, 0) is 31.5 Å². The Morgan fingerprint density at radius 3 is 2.79 bits per heavy atom. The molecule has 0 amide bonds. The van der Waals surface area contributed by atoms with E-state index in [0.717, 1.165) is 5.56 Å². The minimum Gasteiger partial charge on any atom is -0.481 e. The van der Waals surface area contributed by atoms with Crippen LogP contribution in [0.2, 0.25) is 0 Å². The molecule has 5 nitrogen and oxygen atoms in total. The Hall–Kier alpha value is -1.56. The predicted octanol–water partition coefficient (Wildman–Crippen LogP) is 1.45. The molecule has 1 heterocycles. The Morgan fingerprint density at radius 2 is 2.16 bits per heavy atom. The molecule has 1 aliphatic rings. The number of hydrogen-bond donors (Lipinski definition) is 1. The first-order valence-corrected chi connectivity index (χ1v) is 7.78. The van der Waals surface area contributed by atoms with Crippen molar-refractivity contribution >= 4 is 21.5 Å². The normalized spacial score (nSPS) is 20.9. The molecule has 1 aliphatic heterocycles. The maximum atomic E-state index is 12.1. The van der Waals surface area contributed by atoms with E-state index in [4.69, 9.17) is 5.11 Å². The molecule has 1 atom stereocenters. The highest BCUT2D eigenvalue weighted by Crippen LogP contribution is 2.34. The van der Waals surface area contributed by atoms with Gasteiger partial charge in [-0.15, -0.1) is 0 Å². The van der Waals surface area contributed by atoms with E-state index >= 15 is 0 Å². The molecule has 0 saturated heterocycles. The number of carboxylic acid groups (broad SMARTS) is 1. The molecule has 2 rings (SSSR count). The number of aryl methyl sites for hydroxylation is 1. The number of hydrogen-bond acceptors (Lipinski definition) is 4. The minimum absolute atomic E-state index is 0.00221. The lowest BCUT2D eigenvalue weighted by atomic mass is 10.1. The fourth-order valence-corrected chi connectivity index (χ4v) is 4.17. The molecular formula is C13H17NO4S. The van der Waals surface area contributed by atoms with Crippen LogP contribution in [0.3, 0.4) is 0 Å². The zero-order chi connectivity index (χ0) is 14.2. The summed E-state index contributed by atoms with van der Waals surface area (Å²) in [5.41, 5.74) is 1.59. The molecule has 0 aromatic heterocycles. The first-order chi connectivity index (χ1) is 8.81. The number of carboxylic acids is 1. The summed E-state index contributed by atoms with van der Waals surface area (Å²) in [6.07, 6.45) is -0.00221. The smallest absolute Gasteiger partial charge is 0.305 e. The van der Waals surface area contributed by atoms with Crippen molar-refractivity contribution in [3.05, 3.63) is 23.8 Å². The molecule has 0 saturated carbocycles. The third-order valence-electron chi connectivity index (χ3n) is 3.32.